The van der Waals surface area contributed by atoms with E-state index in [0.717, 1.165) is 41.6 Å². The molecule has 0 bridgehead atoms. The van der Waals surface area contributed by atoms with Crippen molar-refractivity contribution >= 4 is 23.5 Å². The summed E-state index contributed by atoms with van der Waals surface area (Å²) in [5.41, 5.74) is 2.81. The van der Waals surface area contributed by atoms with Crippen LogP contribution in [0.1, 0.15) is 34.3 Å². The number of benzene rings is 2. The van der Waals surface area contributed by atoms with Crippen LogP contribution in [0.3, 0.4) is 0 Å². The van der Waals surface area contributed by atoms with E-state index in [0.29, 0.717) is 25.2 Å². The zero-order chi connectivity index (χ0) is 21.3. The molecule has 0 aromatic heterocycles. The van der Waals surface area contributed by atoms with Crippen molar-refractivity contribution in [2.24, 2.45) is 4.99 Å². The quantitative estimate of drug-likeness (QED) is 0.523. The second-order valence-electron chi connectivity index (χ2n) is 7.43. The van der Waals surface area contributed by atoms with E-state index in [2.05, 4.69) is 15.6 Å². The minimum atomic E-state index is -0.0726. The summed E-state index contributed by atoms with van der Waals surface area (Å²) in [6.45, 7) is 2.63. The van der Waals surface area contributed by atoms with Crippen LogP contribution in [0.15, 0.2) is 53.5 Å². The Balaban J connectivity index is 1.52. The summed E-state index contributed by atoms with van der Waals surface area (Å²) in [7, 11) is 3.74. The molecule has 160 valence electrons. The molecule has 3 rings (SSSR count). The van der Waals surface area contributed by atoms with Gasteiger partial charge in [0.1, 0.15) is 0 Å². The normalized spacial score (nSPS) is 16.4. The van der Waals surface area contributed by atoms with Crippen LogP contribution in [-0.4, -0.2) is 50.1 Å². The number of amides is 1. The van der Waals surface area contributed by atoms with Gasteiger partial charge in [0, 0.05) is 50.9 Å². The number of halogens is 1. The van der Waals surface area contributed by atoms with Gasteiger partial charge in [-0.3, -0.25) is 9.79 Å². The van der Waals surface area contributed by atoms with Gasteiger partial charge in [0.15, 0.2) is 5.96 Å². The number of guanidine groups is 1. The van der Waals surface area contributed by atoms with Crippen molar-refractivity contribution in [3.63, 3.8) is 0 Å². The summed E-state index contributed by atoms with van der Waals surface area (Å²) in [4.78, 5) is 18.9. The molecule has 0 spiro atoms. The molecule has 1 fully saturated rings. The third-order valence-corrected chi connectivity index (χ3v) is 5.31. The first-order chi connectivity index (χ1) is 14.5. The van der Waals surface area contributed by atoms with Crippen molar-refractivity contribution in [3.05, 3.63) is 70.2 Å². The second kappa shape index (κ2) is 11.0. The lowest BCUT2D eigenvalue weighted by Crippen LogP contribution is -2.38. The Labute approximate surface area is 183 Å². The number of carbonyl (C=O) groups is 1. The van der Waals surface area contributed by atoms with Gasteiger partial charge in [-0.25, -0.2) is 0 Å². The van der Waals surface area contributed by atoms with Gasteiger partial charge in [-0.05, 0) is 48.2 Å². The van der Waals surface area contributed by atoms with Crippen LogP contribution in [0.25, 0.3) is 0 Å². The molecule has 1 heterocycles. The number of ether oxygens (including phenoxy) is 1. The van der Waals surface area contributed by atoms with Crippen LogP contribution in [0, 0.1) is 0 Å². The molecule has 2 aromatic carbocycles. The summed E-state index contributed by atoms with van der Waals surface area (Å²) < 4.78 is 5.56. The third kappa shape index (κ3) is 6.47. The molecule has 1 aliphatic heterocycles. The van der Waals surface area contributed by atoms with Gasteiger partial charge in [-0.1, -0.05) is 35.9 Å². The van der Waals surface area contributed by atoms with Crippen LogP contribution < -0.4 is 10.6 Å². The number of carbonyl (C=O) groups excluding carboxylic acids is 1. The minimum absolute atomic E-state index is 0.0726. The predicted octanol–water partition coefficient (Wildman–Crippen LogP) is 3.46. The standard InChI is InChI=1S/C23H29ClN4O2/c1-25-23(28(2)16-17-8-10-20(24)11-9-17)27-14-18-5-3-6-19(13-18)22(29)26-15-21-7-4-12-30-21/h3,5-6,8-11,13,21H,4,7,12,14-16H2,1-2H3,(H,25,27)(H,26,29). The zero-order valence-corrected chi connectivity index (χ0v) is 18.3. The molecule has 2 N–H and O–H groups in total. The SMILES string of the molecule is CN=C(NCc1cccc(C(=O)NCC2CCCO2)c1)N(C)Cc1ccc(Cl)cc1. The molecule has 2 aromatic rings. The smallest absolute Gasteiger partial charge is 0.251 e. The molecule has 1 aliphatic rings. The summed E-state index contributed by atoms with van der Waals surface area (Å²) >= 11 is 5.96. The number of aliphatic imine (C=N–C) groups is 1. The number of nitrogens with one attached hydrogen (secondary N) is 2. The van der Waals surface area contributed by atoms with E-state index in [9.17, 15) is 4.79 Å². The molecule has 7 heteroatoms. The molecule has 1 amide bonds. The average molecular weight is 429 g/mol. The van der Waals surface area contributed by atoms with Gasteiger partial charge in [0.05, 0.1) is 6.10 Å². The molecular weight excluding hydrogens is 400 g/mol. The highest BCUT2D eigenvalue weighted by Crippen LogP contribution is 2.12. The maximum absolute atomic E-state index is 12.5. The molecule has 1 saturated heterocycles. The fourth-order valence-corrected chi connectivity index (χ4v) is 3.57. The number of hydrogen-bond acceptors (Lipinski definition) is 3. The fourth-order valence-electron chi connectivity index (χ4n) is 3.44. The van der Waals surface area contributed by atoms with Gasteiger partial charge in [-0.15, -0.1) is 0 Å². The lowest BCUT2D eigenvalue weighted by atomic mass is 10.1. The Bertz CT molecular complexity index is 864. The van der Waals surface area contributed by atoms with Gasteiger partial charge in [-0.2, -0.15) is 0 Å². The van der Waals surface area contributed by atoms with E-state index < -0.39 is 0 Å². The molecule has 0 saturated carbocycles. The largest absolute Gasteiger partial charge is 0.376 e. The Kier molecular flexibility index (Phi) is 8.11. The topological polar surface area (TPSA) is 66.0 Å². The van der Waals surface area contributed by atoms with Crippen molar-refractivity contribution in [1.82, 2.24) is 15.5 Å². The minimum Gasteiger partial charge on any atom is -0.376 e. The first kappa shape index (κ1) is 22.1. The van der Waals surface area contributed by atoms with Crippen LogP contribution in [0.4, 0.5) is 0 Å². The molecule has 30 heavy (non-hydrogen) atoms. The van der Waals surface area contributed by atoms with Crippen LogP contribution in [0.2, 0.25) is 5.02 Å². The van der Waals surface area contributed by atoms with Crippen LogP contribution >= 0.6 is 11.6 Å². The maximum atomic E-state index is 12.5. The summed E-state index contributed by atoms with van der Waals surface area (Å²) in [6, 6.07) is 15.4. The monoisotopic (exact) mass is 428 g/mol. The van der Waals surface area contributed by atoms with Crippen molar-refractivity contribution in [3.8, 4) is 0 Å². The Morgan fingerprint density at radius 2 is 2.00 bits per heavy atom. The number of nitrogens with zero attached hydrogens (tertiary/aromatic N) is 2. The van der Waals surface area contributed by atoms with E-state index in [1.807, 2.05) is 60.5 Å². The van der Waals surface area contributed by atoms with Gasteiger partial charge < -0.3 is 20.3 Å². The summed E-state index contributed by atoms with van der Waals surface area (Å²) in [5, 5.41) is 7.05. The first-order valence-electron chi connectivity index (χ1n) is 10.2. The molecule has 0 radical (unpaired) electrons. The van der Waals surface area contributed by atoms with Crippen LogP contribution in [0.5, 0.6) is 0 Å². The summed E-state index contributed by atoms with van der Waals surface area (Å²) in [6.07, 6.45) is 2.21. The molecule has 1 unspecified atom stereocenters. The van der Waals surface area contributed by atoms with Crippen LogP contribution in [-0.2, 0) is 17.8 Å². The van der Waals surface area contributed by atoms with E-state index >= 15 is 0 Å². The molecule has 0 aliphatic carbocycles. The highest BCUT2D eigenvalue weighted by molar-refractivity contribution is 6.30. The number of rotatable bonds is 7. The highest BCUT2D eigenvalue weighted by Gasteiger charge is 2.16. The molecular formula is C23H29ClN4O2. The summed E-state index contributed by atoms with van der Waals surface area (Å²) in [5.74, 6) is 0.703. The maximum Gasteiger partial charge on any atom is 0.251 e. The van der Waals surface area contributed by atoms with E-state index in [1.54, 1.807) is 7.05 Å². The zero-order valence-electron chi connectivity index (χ0n) is 17.5. The third-order valence-electron chi connectivity index (χ3n) is 5.06. The Morgan fingerprint density at radius 3 is 2.70 bits per heavy atom. The van der Waals surface area contributed by atoms with E-state index in [1.165, 1.54) is 0 Å². The molecule has 1 atom stereocenters. The average Bonchev–Trinajstić information content (AvgIpc) is 3.28. The highest BCUT2D eigenvalue weighted by atomic mass is 35.5. The molecule has 6 nitrogen and oxygen atoms in total. The van der Waals surface area contributed by atoms with Gasteiger partial charge in [0.25, 0.3) is 5.91 Å². The van der Waals surface area contributed by atoms with E-state index in [-0.39, 0.29) is 12.0 Å². The lowest BCUT2D eigenvalue weighted by molar-refractivity contribution is 0.0857. The predicted molar refractivity (Wildman–Crippen MR) is 121 cm³/mol. The van der Waals surface area contributed by atoms with Crippen molar-refractivity contribution in [2.45, 2.75) is 32.0 Å². The number of hydrogen-bond donors (Lipinski definition) is 2. The van der Waals surface area contributed by atoms with Gasteiger partial charge in [0.2, 0.25) is 0 Å². The Morgan fingerprint density at radius 1 is 1.20 bits per heavy atom. The Hall–Kier alpha value is -2.57. The lowest BCUT2D eigenvalue weighted by Gasteiger charge is -2.22. The van der Waals surface area contributed by atoms with Crippen molar-refractivity contribution in [2.75, 3.05) is 27.2 Å². The van der Waals surface area contributed by atoms with Crippen molar-refractivity contribution in [1.29, 1.82) is 0 Å². The first-order valence-corrected chi connectivity index (χ1v) is 10.6. The van der Waals surface area contributed by atoms with Crippen molar-refractivity contribution < 1.29 is 9.53 Å². The van der Waals surface area contributed by atoms with E-state index in [4.69, 9.17) is 16.3 Å². The second-order valence-corrected chi connectivity index (χ2v) is 7.87. The fraction of sp³-hybridized carbons (Fsp3) is 0.391. The van der Waals surface area contributed by atoms with Gasteiger partial charge >= 0.3 is 0 Å².